The number of pyridine rings is 1. The molecule has 0 aromatic carbocycles. The zero-order valence-electron chi connectivity index (χ0n) is 15.3. The van der Waals surface area contributed by atoms with Crippen LogP contribution < -0.4 is 5.56 Å². The van der Waals surface area contributed by atoms with E-state index in [0.717, 1.165) is 37.7 Å². The lowest BCUT2D eigenvalue weighted by atomic mass is 9.85. The first-order valence-electron chi connectivity index (χ1n) is 9.59. The molecule has 3 heterocycles. The average molecular weight is 354 g/mol. The van der Waals surface area contributed by atoms with Crippen molar-refractivity contribution in [3.05, 3.63) is 52.5 Å². The van der Waals surface area contributed by atoms with Gasteiger partial charge in [-0.05, 0) is 37.7 Å². The molecule has 26 heavy (non-hydrogen) atoms. The Kier molecular flexibility index (Phi) is 4.66. The molecule has 4 rings (SSSR count). The molecular weight excluding hydrogens is 328 g/mol. The molecule has 1 saturated heterocycles. The molecule has 1 atom stereocenters. The summed E-state index contributed by atoms with van der Waals surface area (Å²) < 4.78 is 3.76. The second-order valence-electron chi connectivity index (χ2n) is 7.69. The van der Waals surface area contributed by atoms with Gasteiger partial charge in [0, 0.05) is 57.3 Å². The Bertz CT molecular complexity index is 849. The number of imidazole rings is 1. The Hall–Kier alpha value is -2.37. The number of carbonyl (C=O) groups excluding carboxylic acids is 1. The molecule has 2 aliphatic rings. The van der Waals surface area contributed by atoms with Crippen molar-refractivity contribution in [1.82, 2.24) is 19.0 Å². The molecule has 1 aliphatic carbocycles. The fourth-order valence-corrected chi connectivity index (χ4v) is 4.06. The normalized spacial score (nSPS) is 20.8. The van der Waals surface area contributed by atoms with Crippen LogP contribution in [0.4, 0.5) is 0 Å². The summed E-state index contributed by atoms with van der Waals surface area (Å²) in [6.07, 6.45) is 11.6. The van der Waals surface area contributed by atoms with Crippen LogP contribution in [0.3, 0.4) is 0 Å². The van der Waals surface area contributed by atoms with Crippen LogP contribution in [0.5, 0.6) is 0 Å². The van der Waals surface area contributed by atoms with E-state index in [4.69, 9.17) is 0 Å². The van der Waals surface area contributed by atoms with Gasteiger partial charge >= 0.3 is 0 Å². The first-order chi connectivity index (χ1) is 12.6. The second kappa shape index (κ2) is 7.09. The number of hydrogen-bond acceptors (Lipinski definition) is 3. The highest BCUT2D eigenvalue weighted by Gasteiger charge is 2.29. The topological polar surface area (TPSA) is 60.1 Å². The lowest BCUT2D eigenvalue weighted by molar-refractivity contribution is 0.0701. The minimum Gasteiger partial charge on any atom is -0.338 e. The highest BCUT2D eigenvalue weighted by Crippen LogP contribution is 2.31. The van der Waals surface area contributed by atoms with E-state index in [1.807, 2.05) is 11.1 Å². The Balaban J connectivity index is 1.49. The SMILES string of the molecule is Cn1cc(C(=O)N2CCC[C@H](c3nccn3CC3CCC3)C2)ccc1=O. The van der Waals surface area contributed by atoms with E-state index in [2.05, 4.69) is 15.7 Å². The quantitative estimate of drug-likeness (QED) is 0.847. The van der Waals surface area contributed by atoms with Crippen LogP contribution in [0.2, 0.25) is 0 Å². The number of hydrogen-bond donors (Lipinski definition) is 0. The van der Waals surface area contributed by atoms with Crippen molar-refractivity contribution in [2.24, 2.45) is 13.0 Å². The molecule has 1 saturated carbocycles. The lowest BCUT2D eigenvalue weighted by Gasteiger charge is -2.33. The summed E-state index contributed by atoms with van der Waals surface area (Å²) in [4.78, 5) is 31.0. The van der Waals surface area contributed by atoms with Crippen molar-refractivity contribution in [2.45, 2.75) is 44.6 Å². The van der Waals surface area contributed by atoms with Crippen LogP contribution in [-0.2, 0) is 13.6 Å². The van der Waals surface area contributed by atoms with E-state index >= 15 is 0 Å². The van der Waals surface area contributed by atoms with E-state index in [9.17, 15) is 9.59 Å². The molecule has 138 valence electrons. The molecule has 0 radical (unpaired) electrons. The van der Waals surface area contributed by atoms with Crippen LogP contribution in [0, 0.1) is 5.92 Å². The maximum absolute atomic E-state index is 12.9. The molecule has 2 fully saturated rings. The van der Waals surface area contributed by atoms with Crippen LogP contribution >= 0.6 is 0 Å². The van der Waals surface area contributed by atoms with Gasteiger partial charge in [0.1, 0.15) is 5.82 Å². The molecule has 0 spiro atoms. The van der Waals surface area contributed by atoms with Gasteiger partial charge < -0.3 is 14.0 Å². The third-order valence-corrected chi connectivity index (χ3v) is 5.83. The molecular formula is C20H26N4O2. The highest BCUT2D eigenvalue weighted by molar-refractivity contribution is 5.94. The van der Waals surface area contributed by atoms with Crippen molar-refractivity contribution < 1.29 is 4.79 Å². The number of piperidine rings is 1. The molecule has 0 bridgehead atoms. The number of aromatic nitrogens is 3. The summed E-state index contributed by atoms with van der Waals surface area (Å²) in [5.41, 5.74) is 0.474. The van der Waals surface area contributed by atoms with Gasteiger partial charge in [-0.2, -0.15) is 0 Å². The van der Waals surface area contributed by atoms with Crippen LogP contribution in [-0.4, -0.2) is 38.0 Å². The molecule has 1 amide bonds. The number of nitrogens with zero attached hydrogens (tertiary/aromatic N) is 4. The Labute approximate surface area is 153 Å². The third-order valence-electron chi connectivity index (χ3n) is 5.83. The van der Waals surface area contributed by atoms with Gasteiger partial charge in [0.25, 0.3) is 5.91 Å². The summed E-state index contributed by atoms with van der Waals surface area (Å²) in [6.45, 7) is 2.52. The van der Waals surface area contributed by atoms with E-state index < -0.39 is 0 Å². The highest BCUT2D eigenvalue weighted by atomic mass is 16.2. The molecule has 0 N–H and O–H groups in total. The summed E-state index contributed by atoms with van der Waals surface area (Å²) >= 11 is 0. The lowest BCUT2D eigenvalue weighted by Crippen LogP contribution is -2.40. The molecule has 6 heteroatoms. The summed E-state index contributed by atoms with van der Waals surface area (Å²) in [5, 5.41) is 0. The van der Waals surface area contributed by atoms with Crippen molar-refractivity contribution >= 4 is 5.91 Å². The summed E-state index contributed by atoms with van der Waals surface area (Å²) in [6, 6.07) is 3.09. The van der Waals surface area contributed by atoms with Crippen LogP contribution in [0.1, 0.15) is 54.2 Å². The van der Waals surface area contributed by atoms with Gasteiger partial charge in [-0.1, -0.05) is 6.42 Å². The zero-order chi connectivity index (χ0) is 18.1. The van der Waals surface area contributed by atoms with Crippen molar-refractivity contribution in [1.29, 1.82) is 0 Å². The van der Waals surface area contributed by atoms with Gasteiger partial charge in [-0.15, -0.1) is 0 Å². The summed E-state index contributed by atoms with van der Waals surface area (Å²) in [7, 11) is 1.68. The smallest absolute Gasteiger partial charge is 0.255 e. The average Bonchev–Trinajstić information content (AvgIpc) is 3.08. The molecule has 1 aliphatic heterocycles. The summed E-state index contributed by atoms with van der Waals surface area (Å²) in [5.74, 6) is 2.20. The Morgan fingerprint density at radius 1 is 1.23 bits per heavy atom. The monoisotopic (exact) mass is 354 g/mol. The Morgan fingerprint density at radius 2 is 2.08 bits per heavy atom. The second-order valence-corrected chi connectivity index (χ2v) is 7.69. The van der Waals surface area contributed by atoms with Gasteiger partial charge in [0.05, 0.1) is 5.56 Å². The van der Waals surface area contributed by atoms with E-state index in [0.29, 0.717) is 12.1 Å². The van der Waals surface area contributed by atoms with Crippen molar-refractivity contribution in [2.75, 3.05) is 13.1 Å². The molecule has 2 aromatic rings. The zero-order valence-corrected chi connectivity index (χ0v) is 15.3. The van der Waals surface area contributed by atoms with Crippen molar-refractivity contribution in [3.63, 3.8) is 0 Å². The third kappa shape index (κ3) is 3.32. The van der Waals surface area contributed by atoms with Crippen LogP contribution in [0.25, 0.3) is 0 Å². The van der Waals surface area contributed by atoms with Crippen molar-refractivity contribution in [3.8, 4) is 0 Å². The Morgan fingerprint density at radius 3 is 2.81 bits per heavy atom. The number of rotatable bonds is 4. The predicted octanol–water partition coefficient (Wildman–Crippen LogP) is 2.40. The minimum atomic E-state index is -0.101. The first-order valence-corrected chi connectivity index (χ1v) is 9.59. The standard InChI is InChI=1S/C20H26N4O2/c1-22-13-17(7-8-18(22)25)20(26)24-10-3-6-16(14-24)19-21-9-11-23(19)12-15-4-2-5-15/h7-9,11,13,15-16H,2-6,10,12,14H2,1H3/t16-/m0/s1. The minimum absolute atomic E-state index is 0.00222. The maximum atomic E-state index is 12.9. The van der Waals surface area contributed by atoms with Gasteiger partial charge in [-0.3, -0.25) is 9.59 Å². The predicted molar refractivity (Wildman–Crippen MR) is 99.1 cm³/mol. The largest absolute Gasteiger partial charge is 0.338 e. The molecule has 2 aromatic heterocycles. The fourth-order valence-electron chi connectivity index (χ4n) is 4.06. The maximum Gasteiger partial charge on any atom is 0.255 e. The molecule has 0 unspecified atom stereocenters. The number of amides is 1. The van der Waals surface area contributed by atoms with E-state index in [1.165, 1.54) is 29.9 Å². The van der Waals surface area contributed by atoms with Crippen LogP contribution in [0.15, 0.2) is 35.5 Å². The van der Waals surface area contributed by atoms with Gasteiger partial charge in [0.2, 0.25) is 5.56 Å². The van der Waals surface area contributed by atoms with Gasteiger partial charge in [0.15, 0.2) is 0 Å². The first kappa shape index (κ1) is 17.1. The van der Waals surface area contributed by atoms with E-state index in [-0.39, 0.29) is 17.4 Å². The van der Waals surface area contributed by atoms with Gasteiger partial charge in [-0.25, -0.2) is 4.98 Å². The molecule has 6 nitrogen and oxygen atoms in total. The number of likely N-dealkylation sites (tertiary alicyclic amines) is 1. The number of carbonyl (C=O) groups is 1. The fraction of sp³-hybridized carbons (Fsp3) is 0.550. The van der Waals surface area contributed by atoms with E-state index in [1.54, 1.807) is 19.3 Å². The number of aryl methyl sites for hydroxylation is 1.